The van der Waals surface area contributed by atoms with Gasteiger partial charge in [0.05, 0.1) is 0 Å². The maximum Gasteiger partial charge on any atom is -0.00773 e. The molecular weight excluding hydrogens is 158 g/mol. The Hall–Kier alpha value is -0.0400. The molecule has 1 fully saturated rings. The van der Waals surface area contributed by atoms with Crippen LogP contribution in [0.3, 0.4) is 0 Å². The lowest BCUT2D eigenvalue weighted by Gasteiger charge is -2.25. The third-order valence-electron chi connectivity index (χ3n) is 3.45. The summed E-state index contributed by atoms with van der Waals surface area (Å²) in [4.78, 5) is 0. The van der Waals surface area contributed by atoms with Gasteiger partial charge in [0, 0.05) is 0 Å². The molecule has 0 aromatic rings. The summed E-state index contributed by atoms with van der Waals surface area (Å²) < 4.78 is 0. The Morgan fingerprint density at radius 1 is 1.00 bits per heavy atom. The highest BCUT2D eigenvalue weighted by Crippen LogP contribution is 2.31. The van der Waals surface area contributed by atoms with Crippen molar-refractivity contribution in [2.75, 3.05) is 6.54 Å². The fourth-order valence-electron chi connectivity index (χ4n) is 2.37. The molecule has 1 heteroatoms. The monoisotopic (exact) mass is 183 g/mol. The Balaban J connectivity index is 1.96. The summed E-state index contributed by atoms with van der Waals surface area (Å²) in [6.07, 6.45) is 11.4. The molecule has 0 aliphatic heterocycles. The molecular formula is C12H25N. The van der Waals surface area contributed by atoms with Crippen molar-refractivity contribution in [2.24, 2.45) is 17.6 Å². The van der Waals surface area contributed by atoms with Crippen LogP contribution in [0.15, 0.2) is 0 Å². The van der Waals surface area contributed by atoms with E-state index in [-0.39, 0.29) is 0 Å². The van der Waals surface area contributed by atoms with Crippen LogP contribution in [-0.4, -0.2) is 6.54 Å². The zero-order valence-corrected chi connectivity index (χ0v) is 9.10. The largest absolute Gasteiger partial charge is 0.330 e. The number of unbranched alkanes of at least 4 members (excludes halogenated alkanes) is 2. The van der Waals surface area contributed by atoms with Crippen molar-refractivity contribution in [1.29, 1.82) is 0 Å². The topological polar surface area (TPSA) is 26.0 Å². The van der Waals surface area contributed by atoms with Gasteiger partial charge in [-0.15, -0.1) is 0 Å². The minimum Gasteiger partial charge on any atom is -0.330 e. The van der Waals surface area contributed by atoms with Gasteiger partial charge in [0.25, 0.3) is 0 Å². The van der Waals surface area contributed by atoms with E-state index in [1.54, 1.807) is 0 Å². The zero-order chi connectivity index (χ0) is 9.52. The van der Waals surface area contributed by atoms with Gasteiger partial charge in [-0.3, -0.25) is 0 Å². The second kappa shape index (κ2) is 6.42. The average molecular weight is 183 g/mol. The molecule has 0 unspecified atom stereocenters. The normalized spacial score (nSPS) is 29.1. The van der Waals surface area contributed by atoms with Gasteiger partial charge in [0.15, 0.2) is 0 Å². The van der Waals surface area contributed by atoms with Gasteiger partial charge in [-0.25, -0.2) is 0 Å². The molecule has 0 atom stereocenters. The summed E-state index contributed by atoms with van der Waals surface area (Å²) in [5.41, 5.74) is 5.47. The van der Waals surface area contributed by atoms with Crippen molar-refractivity contribution < 1.29 is 0 Å². The lowest BCUT2D eigenvalue weighted by Crippen LogP contribution is -2.12. The molecule has 1 aliphatic carbocycles. The van der Waals surface area contributed by atoms with E-state index >= 15 is 0 Å². The average Bonchev–Trinajstić information content (AvgIpc) is 2.15. The zero-order valence-electron chi connectivity index (χ0n) is 9.10. The molecule has 0 bridgehead atoms. The molecule has 78 valence electrons. The number of nitrogens with two attached hydrogens (primary N) is 1. The minimum atomic E-state index is 0.877. The van der Waals surface area contributed by atoms with Crippen molar-refractivity contribution in [3.8, 4) is 0 Å². The van der Waals surface area contributed by atoms with Crippen molar-refractivity contribution in [2.45, 2.75) is 58.3 Å². The Labute approximate surface area is 83.1 Å². The van der Waals surface area contributed by atoms with Gasteiger partial charge in [-0.1, -0.05) is 51.9 Å². The first kappa shape index (κ1) is 11.0. The SMILES string of the molecule is CC1CCC(CCCCCN)CC1. The van der Waals surface area contributed by atoms with Crippen LogP contribution in [0.5, 0.6) is 0 Å². The van der Waals surface area contributed by atoms with Crippen molar-refractivity contribution in [1.82, 2.24) is 0 Å². The van der Waals surface area contributed by atoms with Crippen molar-refractivity contribution in [3.05, 3.63) is 0 Å². The summed E-state index contributed by atoms with van der Waals surface area (Å²) >= 11 is 0. The number of rotatable bonds is 5. The van der Waals surface area contributed by atoms with E-state index < -0.39 is 0 Å². The quantitative estimate of drug-likeness (QED) is 0.650. The third kappa shape index (κ3) is 4.66. The molecule has 0 radical (unpaired) electrons. The van der Waals surface area contributed by atoms with Crippen molar-refractivity contribution in [3.63, 3.8) is 0 Å². The molecule has 1 nitrogen and oxygen atoms in total. The summed E-state index contributed by atoms with van der Waals surface area (Å²) in [6.45, 7) is 3.27. The Bertz CT molecular complexity index is 114. The molecule has 0 spiro atoms. The number of hydrogen-bond acceptors (Lipinski definition) is 1. The maximum absolute atomic E-state index is 5.47. The van der Waals surface area contributed by atoms with Crippen LogP contribution in [0.1, 0.15) is 58.3 Å². The highest BCUT2D eigenvalue weighted by atomic mass is 14.5. The summed E-state index contributed by atoms with van der Waals surface area (Å²) in [6, 6.07) is 0. The molecule has 0 heterocycles. The lowest BCUT2D eigenvalue weighted by molar-refractivity contribution is 0.272. The second-order valence-corrected chi connectivity index (χ2v) is 4.76. The molecule has 0 aromatic heterocycles. The lowest BCUT2D eigenvalue weighted by atomic mass is 9.80. The van der Waals surface area contributed by atoms with Crippen LogP contribution >= 0.6 is 0 Å². The molecule has 0 saturated heterocycles. The smallest absolute Gasteiger partial charge is 0.00773 e. The predicted octanol–water partition coefficient (Wildman–Crippen LogP) is 3.33. The minimum absolute atomic E-state index is 0.877. The Kier molecular flexibility index (Phi) is 5.45. The Morgan fingerprint density at radius 2 is 1.69 bits per heavy atom. The van der Waals surface area contributed by atoms with Gasteiger partial charge in [-0.05, 0) is 24.8 Å². The van der Waals surface area contributed by atoms with Gasteiger partial charge < -0.3 is 5.73 Å². The van der Waals surface area contributed by atoms with Gasteiger partial charge in [0.2, 0.25) is 0 Å². The van der Waals surface area contributed by atoms with Crippen LogP contribution < -0.4 is 5.73 Å². The highest BCUT2D eigenvalue weighted by molar-refractivity contribution is 4.69. The molecule has 13 heavy (non-hydrogen) atoms. The standard InChI is InChI=1S/C12H25N/c1-11-6-8-12(9-7-11)5-3-2-4-10-13/h11-12H,2-10,13H2,1H3. The third-order valence-corrected chi connectivity index (χ3v) is 3.45. The van der Waals surface area contributed by atoms with E-state index in [4.69, 9.17) is 5.73 Å². The molecule has 2 N–H and O–H groups in total. The molecule has 0 amide bonds. The van der Waals surface area contributed by atoms with E-state index in [0.29, 0.717) is 0 Å². The maximum atomic E-state index is 5.47. The Morgan fingerprint density at radius 3 is 2.31 bits per heavy atom. The summed E-state index contributed by atoms with van der Waals surface area (Å²) in [7, 11) is 0. The first-order valence-electron chi connectivity index (χ1n) is 6.03. The van der Waals surface area contributed by atoms with Gasteiger partial charge >= 0.3 is 0 Å². The first-order valence-corrected chi connectivity index (χ1v) is 6.03. The van der Waals surface area contributed by atoms with Crippen LogP contribution in [0.4, 0.5) is 0 Å². The molecule has 1 rings (SSSR count). The fourth-order valence-corrected chi connectivity index (χ4v) is 2.37. The van der Waals surface area contributed by atoms with Crippen LogP contribution in [0, 0.1) is 11.8 Å². The van der Waals surface area contributed by atoms with Gasteiger partial charge in [0.1, 0.15) is 0 Å². The second-order valence-electron chi connectivity index (χ2n) is 4.76. The molecule has 1 aliphatic rings. The van der Waals surface area contributed by atoms with Crippen LogP contribution in [-0.2, 0) is 0 Å². The van der Waals surface area contributed by atoms with E-state index in [1.807, 2.05) is 0 Å². The fraction of sp³-hybridized carbons (Fsp3) is 1.00. The molecule has 0 aromatic carbocycles. The van der Waals surface area contributed by atoms with E-state index in [2.05, 4.69) is 6.92 Å². The van der Waals surface area contributed by atoms with Crippen LogP contribution in [0.25, 0.3) is 0 Å². The highest BCUT2D eigenvalue weighted by Gasteiger charge is 2.17. The van der Waals surface area contributed by atoms with E-state index in [1.165, 1.54) is 51.4 Å². The van der Waals surface area contributed by atoms with E-state index in [0.717, 1.165) is 18.4 Å². The van der Waals surface area contributed by atoms with Crippen molar-refractivity contribution >= 4 is 0 Å². The van der Waals surface area contributed by atoms with Gasteiger partial charge in [-0.2, -0.15) is 0 Å². The first-order chi connectivity index (χ1) is 6.33. The summed E-state index contributed by atoms with van der Waals surface area (Å²) in [5.74, 6) is 2.05. The van der Waals surface area contributed by atoms with E-state index in [9.17, 15) is 0 Å². The predicted molar refractivity (Wildman–Crippen MR) is 58.6 cm³/mol. The van der Waals surface area contributed by atoms with Crippen LogP contribution in [0.2, 0.25) is 0 Å². The number of hydrogen-bond donors (Lipinski definition) is 1. The molecule has 1 saturated carbocycles. The summed E-state index contributed by atoms with van der Waals surface area (Å²) in [5, 5.41) is 0.